The van der Waals surface area contributed by atoms with E-state index in [-0.39, 0.29) is 0 Å². The highest BCUT2D eigenvalue weighted by Crippen LogP contribution is 2.43. The van der Waals surface area contributed by atoms with Crippen LogP contribution in [0.25, 0.3) is 105 Å². The van der Waals surface area contributed by atoms with Gasteiger partial charge in [0.1, 0.15) is 0 Å². The number of hydrogen-bond donors (Lipinski definition) is 0. The average Bonchev–Trinajstić information content (AvgIpc) is 3.64. The van der Waals surface area contributed by atoms with Crippen molar-refractivity contribution in [3.8, 4) is 62.0 Å². The number of para-hydroxylation sites is 2. The quantitative estimate of drug-likeness (QED) is 0.171. The van der Waals surface area contributed by atoms with Crippen molar-refractivity contribution >= 4 is 43.5 Å². The first-order valence-electron chi connectivity index (χ1n) is 19.3. The van der Waals surface area contributed by atoms with Crippen LogP contribution in [0.2, 0.25) is 0 Å². The number of aromatic nitrogens is 4. The maximum absolute atomic E-state index is 5.36. The molecule has 11 aromatic rings. The van der Waals surface area contributed by atoms with E-state index in [0.29, 0.717) is 5.82 Å². The molecule has 57 heavy (non-hydrogen) atoms. The second-order valence-electron chi connectivity index (χ2n) is 14.4. The highest BCUT2D eigenvalue weighted by atomic mass is 15.0. The van der Waals surface area contributed by atoms with Gasteiger partial charge in [-0.15, -0.1) is 0 Å². The zero-order valence-corrected chi connectivity index (χ0v) is 30.9. The third-order valence-corrected chi connectivity index (χ3v) is 11.0. The lowest BCUT2D eigenvalue weighted by molar-refractivity contribution is 1.18. The Bertz CT molecular complexity index is 3260. The Morgan fingerprint density at radius 3 is 1.63 bits per heavy atom. The molecule has 0 saturated heterocycles. The van der Waals surface area contributed by atoms with Crippen LogP contribution in [-0.2, 0) is 0 Å². The molecule has 0 aliphatic carbocycles. The Hall–Kier alpha value is -7.69. The topological polar surface area (TPSA) is 43.6 Å². The Labute approximate surface area is 330 Å². The van der Waals surface area contributed by atoms with Crippen molar-refractivity contribution < 1.29 is 0 Å². The molecule has 3 aromatic heterocycles. The van der Waals surface area contributed by atoms with Gasteiger partial charge >= 0.3 is 0 Å². The van der Waals surface area contributed by atoms with Crippen molar-refractivity contribution in [2.24, 2.45) is 0 Å². The standard InChI is InChI=1S/C53H34N4/c1-4-16-35(17-5-1)36-28-30-37(31-29-36)46-34-47(56-53(55-46)39-20-8-3-9-21-39)41-32-33-49(42-23-11-10-22-40(41)42)57-48-27-15-13-25-44(48)50-43-24-12-14-26-45(43)54-51(52(50)57)38-18-6-2-7-19-38/h1-34H. The highest BCUT2D eigenvalue weighted by Gasteiger charge is 2.22. The second kappa shape index (κ2) is 13.6. The summed E-state index contributed by atoms with van der Waals surface area (Å²) in [4.78, 5) is 15.8. The number of hydrogen-bond acceptors (Lipinski definition) is 3. The van der Waals surface area contributed by atoms with E-state index in [1.165, 1.54) is 21.9 Å². The molecular weight excluding hydrogens is 693 g/mol. The van der Waals surface area contributed by atoms with Crippen molar-refractivity contribution in [1.82, 2.24) is 19.5 Å². The monoisotopic (exact) mass is 726 g/mol. The maximum Gasteiger partial charge on any atom is 0.160 e. The fourth-order valence-corrected chi connectivity index (χ4v) is 8.36. The molecule has 0 fully saturated rings. The lowest BCUT2D eigenvalue weighted by Gasteiger charge is -2.17. The van der Waals surface area contributed by atoms with Crippen LogP contribution in [0, 0.1) is 0 Å². The van der Waals surface area contributed by atoms with Gasteiger partial charge in [0.15, 0.2) is 5.82 Å². The van der Waals surface area contributed by atoms with Gasteiger partial charge in [-0.1, -0.05) is 182 Å². The van der Waals surface area contributed by atoms with Crippen LogP contribution in [0.5, 0.6) is 0 Å². The number of benzene rings is 8. The summed E-state index contributed by atoms with van der Waals surface area (Å²) in [7, 11) is 0. The van der Waals surface area contributed by atoms with E-state index in [9.17, 15) is 0 Å². The molecule has 266 valence electrons. The molecule has 0 bridgehead atoms. The first-order valence-corrected chi connectivity index (χ1v) is 19.3. The molecule has 0 atom stereocenters. The molecule has 0 aliphatic heterocycles. The molecule has 0 aliphatic rings. The fraction of sp³-hybridized carbons (Fsp3) is 0. The fourth-order valence-electron chi connectivity index (χ4n) is 8.36. The predicted octanol–water partition coefficient (Wildman–Crippen LogP) is 13.6. The van der Waals surface area contributed by atoms with E-state index in [1.54, 1.807) is 0 Å². The zero-order chi connectivity index (χ0) is 37.7. The summed E-state index contributed by atoms with van der Waals surface area (Å²) in [5, 5.41) is 5.77. The molecule has 0 saturated carbocycles. The number of pyridine rings is 1. The van der Waals surface area contributed by atoms with Crippen molar-refractivity contribution in [3.05, 3.63) is 206 Å². The molecule has 3 heterocycles. The molecule has 0 N–H and O–H groups in total. The van der Waals surface area contributed by atoms with E-state index < -0.39 is 0 Å². The smallest absolute Gasteiger partial charge is 0.160 e. The summed E-state index contributed by atoms with van der Waals surface area (Å²) >= 11 is 0. The number of nitrogens with zero attached hydrogens (tertiary/aromatic N) is 4. The molecule has 0 radical (unpaired) electrons. The Morgan fingerprint density at radius 1 is 0.351 bits per heavy atom. The van der Waals surface area contributed by atoms with E-state index in [4.69, 9.17) is 15.0 Å². The summed E-state index contributed by atoms with van der Waals surface area (Å²) in [6.45, 7) is 0. The molecule has 4 heteroatoms. The van der Waals surface area contributed by atoms with Gasteiger partial charge in [-0.3, -0.25) is 0 Å². The van der Waals surface area contributed by atoms with Gasteiger partial charge in [0, 0.05) is 43.8 Å². The lowest BCUT2D eigenvalue weighted by atomic mass is 9.98. The third-order valence-electron chi connectivity index (χ3n) is 11.0. The minimum atomic E-state index is 0.691. The van der Waals surface area contributed by atoms with Crippen LogP contribution in [0.15, 0.2) is 206 Å². The highest BCUT2D eigenvalue weighted by molar-refractivity contribution is 6.24. The third kappa shape index (κ3) is 5.58. The normalized spacial score (nSPS) is 11.5. The van der Waals surface area contributed by atoms with Crippen molar-refractivity contribution in [1.29, 1.82) is 0 Å². The molecule has 4 nitrogen and oxygen atoms in total. The Kier molecular flexibility index (Phi) is 7.78. The van der Waals surface area contributed by atoms with Crippen LogP contribution < -0.4 is 0 Å². The summed E-state index contributed by atoms with van der Waals surface area (Å²) in [5.41, 5.74) is 13.5. The molecule has 0 unspecified atom stereocenters. The SMILES string of the molecule is c1ccc(-c2ccc(-c3cc(-c4ccc(-n5c6ccccc6c6c7ccccc7nc(-c7ccccc7)c65)c5ccccc45)nc(-c4ccccc4)n3)cc2)cc1. The van der Waals surface area contributed by atoms with Crippen molar-refractivity contribution in [2.45, 2.75) is 0 Å². The lowest BCUT2D eigenvalue weighted by Crippen LogP contribution is -2.00. The second-order valence-corrected chi connectivity index (χ2v) is 14.4. The summed E-state index contributed by atoms with van der Waals surface area (Å²) in [6.07, 6.45) is 0. The molecular formula is C53H34N4. The van der Waals surface area contributed by atoms with Gasteiger partial charge in [-0.25, -0.2) is 15.0 Å². The molecule has 0 spiro atoms. The summed E-state index contributed by atoms with van der Waals surface area (Å²) < 4.78 is 2.42. The van der Waals surface area contributed by atoms with E-state index in [1.807, 2.05) is 24.3 Å². The van der Waals surface area contributed by atoms with Gasteiger partial charge in [-0.2, -0.15) is 0 Å². The van der Waals surface area contributed by atoms with Crippen LogP contribution in [0.4, 0.5) is 0 Å². The minimum absolute atomic E-state index is 0.691. The van der Waals surface area contributed by atoms with Crippen LogP contribution in [0.3, 0.4) is 0 Å². The van der Waals surface area contributed by atoms with Crippen LogP contribution in [0.1, 0.15) is 0 Å². The largest absolute Gasteiger partial charge is 0.306 e. The Morgan fingerprint density at radius 2 is 0.895 bits per heavy atom. The minimum Gasteiger partial charge on any atom is -0.306 e. The maximum atomic E-state index is 5.36. The van der Waals surface area contributed by atoms with Gasteiger partial charge in [0.2, 0.25) is 0 Å². The molecule has 11 rings (SSSR count). The van der Waals surface area contributed by atoms with E-state index in [0.717, 1.165) is 77.7 Å². The van der Waals surface area contributed by atoms with Crippen LogP contribution in [-0.4, -0.2) is 19.5 Å². The Balaban J connectivity index is 1.15. The van der Waals surface area contributed by atoms with Gasteiger partial charge in [0.25, 0.3) is 0 Å². The number of rotatable bonds is 6. The van der Waals surface area contributed by atoms with Gasteiger partial charge < -0.3 is 4.57 Å². The van der Waals surface area contributed by atoms with Gasteiger partial charge in [0.05, 0.1) is 39.3 Å². The average molecular weight is 727 g/mol. The summed E-state index contributed by atoms with van der Waals surface area (Å²) in [5.74, 6) is 0.691. The van der Waals surface area contributed by atoms with Crippen molar-refractivity contribution in [3.63, 3.8) is 0 Å². The summed E-state index contributed by atoms with van der Waals surface area (Å²) in [6, 6.07) is 72.5. The first kappa shape index (κ1) is 32.7. The number of fused-ring (bicyclic) bond motifs is 6. The predicted molar refractivity (Wildman–Crippen MR) is 236 cm³/mol. The van der Waals surface area contributed by atoms with Gasteiger partial charge in [-0.05, 0) is 40.8 Å². The molecule has 0 amide bonds. The van der Waals surface area contributed by atoms with Crippen molar-refractivity contribution in [2.75, 3.05) is 0 Å². The molecule has 8 aromatic carbocycles. The first-order chi connectivity index (χ1) is 28.3. The van der Waals surface area contributed by atoms with E-state index >= 15 is 0 Å². The zero-order valence-electron chi connectivity index (χ0n) is 30.9. The van der Waals surface area contributed by atoms with Crippen LogP contribution >= 0.6 is 0 Å². The van der Waals surface area contributed by atoms with E-state index in [2.05, 4.69) is 187 Å².